The quantitative estimate of drug-likeness (QED) is 0.650. The Labute approximate surface area is 143 Å². The molecule has 1 aliphatic carbocycles. The highest BCUT2D eigenvalue weighted by atomic mass is 79.9. The largest absolute Gasteiger partial charge is 0.309 e. The van der Waals surface area contributed by atoms with E-state index in [0.29, 0.717) is 6.04 Å². The molecule has 1 aromatic heterocycles. The molecule has 0 spiro atoms. The molecule has 1 N–H and O–H groups in total. The Hall–Kier alpha value is -0.350. The molecule has 1 nitrogen and oxygen atoms in total. The lowest BCUT2D eigenvalue weighted by Gasteiger charge is -2.28. The van der Waals surface area contributed by atoms with Crippen LogP contribution in [0.3, 0.4) is 0 Å². The van der Waals surface area contributed by atoms with Crippen molar-refractivity contribution in [3.8, 4) is 0 Å². The van der Waals surface area contributed by atoms with Gasteiger partial charge in [0.25, 0.3) is 0 Å². The molecule has 0 saturated heterocycles. The number of rotatable bonds is 6. The molecule has 112 valence electrons. The summed E-state index contributed by atoms with van der Waals surface area (Å²) in [6.07, 6.45) is 3.62. The van der Waals surface area contributed by atoms with Gasteiger partial charge in [0.15, 0.2) is 0 Å². The van der Waals surface area contributed by atoms with E-state index >= 15 is 0 Å². The van der Waals surface area contributed by atoms with Crippen molar-refractivity contribution >= 4 is 38.9 Å². The Balaban J connectivity index is 1.96. The molecule has 1 aliphatic rings. The summed E-state index contributed by atoms with van der Waals surface area (Å²) in [5, 5.41) is 4.58. The van der Waals surface area contributed by atoms with Crippen LogP contribution in [0.2, 0.25) is 5.02 Å². The highest BCUT2D eigenvalue weighted by molar-refractivity contribution is 9.11. The van der Waals surface area contributed by atoms with Gasteiger partial charge in [-0.25, -0.2) is 0 Å². The van der Waals surface area contributed by atoms with Crippen LogP contribution in [0.15, 0.2) is 40.2 Å². The monoisotopic (exact) mass is 383 g/mol. The fourth-order valence-electron chi connectivity index (χ4n) is 3.01. The zero-order valence-corrected chi connectivity index (χ0v) is 15.2. The average Bonchev–Trinajstić information content (AvgIpc) is 3.23. The molecule has 0 radical (unpaired) electrons. The van der Waals surface area contributed by atoms with Gasteiger partial charge >= 0.3 is 0 Å². The zero-order valence-electron chi connectivity index (χ0n) is 12.0. The first-order valence-corrected chi connectivity index (χ1v) is 9.40. The van der Waals surface area contributed by atoms with Crippen LogP contribution in [-0.4, -0.2) is 6.54 Å². The second-order valence-corrected chi connectivity index (χ2v) is 8.49. The van der Waals surface area contributed by atoms with Crippen molar-refractivity contribution in [2.75, 3.05) is 6.54 Å². The average molecular weight is 385 g/mol. The minimum Gasteiger partial charge on any atom is -0.309 e. The molecular weight excluding hydrogens is 366 g/mol. The smallest absolute Gasteiger partial charge is 0.0888 e. The van der Waals surface area contributed by atoms with Crippen LogP contribution in [0.25, 0.3) is 0 Å². The van der Waals surface area contributed by atoms with E-state index in [4.69, 9.17) is 11.6 Å². The molecule has 1 atom stereocenters. The Kier molecular flexibility index (Phi) is 4.75. The number of halogens is 2. The van der Waals surface area contributed by atoms with Gasteiger partial charge in [-0.05, 0) is 53.4 Å². The molecule has 3 rings (SSSR count). The van der Waals surface area contributed by atoms with E-state index in [1.807, 2.05) is 0 Å². The van der Waals surface area contributed by atoms with Crippen LogP contribution in [0.4, 0.5) is 0 Å². The van der Waals surface area contributed by atoms with E-state index in [1.165, 1.54) is 23.3 Å². The third kappa shape index (κ3) is 3.07. The van der Waals surface area contributed by atoms with Gasteiger partial charge in [-0.1, -0.05) is 48.9 Å². The third-order valence-electron chi connectivity index (χ3n) is 4.24. The van der Waals surface area contributed by atoms with Crippen molar-refractivity contribution < 1.29 is 0 Å². The van der Waals surface area contributed by atoms with Gasteiger partial charge in [0.1, 0.15) is 0 Å². The second-order valence-electron chi connectivity index (χ2n) is 5.68. The van der Waals surface area contributed by atoms with E-state index in [2.05, 4.69) is 64.6 Å². The molecule has 2 aromatic rings. The van der Waals surface area contributed by atoms with Crippen molar-refractivity contribution in [1.29, 1.82) is 0 Å². The van der Waals surface area contributed by atoms with Gasteiger partial charge in [0, 0.05) is 10.3 Å². The summed E-state index contributed by atoms with van der Waals surface area (Å²) in [6, 6.07) is 13.4. The molecule has 21 heavy (non-hydrogen) atoms. The SMILES string of the molecule is CCCNC(c1cc(Cl)c(Br)s1)C1(c2ccccc2)CC1. The van der Waals surface area contributed by atoms with E-state index in [1.54, 1.807) is 11.3 Å². The van der Waals surface area contributed by atoms with Gasteiger partial charge in [-0.3, -0.25) is 0 Å². The van der Waals surface area contributed by atoms with Crippen LogP contribution in [0, 0.1) is 0 Å². The summed E-state index contributed by atoms with van der Waals surface area (Å²) >= 11 is 11.6. The summed E-state index contributed by atoms with van der Waals surface area (Å²) in [4.78, 5) is 1.33. The highest BCUT2D eigenvalue weighted by Gasteiger charge is 2.51. The van der Waals surface area contributed by atoms with Gasteiger partial charge in [-0.15, -0.1) is 11.3 Å². The fraction of sp³-hybridized carbons (Fsp3) is 0.412. The van der Waals surface area contributed by atoms with Crippen LogP contribution < -0.4 is 5.32 Å². The summed E-state index contributed by atoms with van der Waals surface area (Å²) in [7, 11) is 0. The summed E-state index contributed by atoms with van der Waals surface area (Å²) in [5.41, 5.74) is 1.68. The predicted molar refractivity (Wildman–Crippen MR) is 95.4 cm³/mol. The lowest BCUT2D eigenvalue weighted by atomic mass is 9.87. The predicted octanol–water partition coefficient (Wildman–Crippen LogP) is 5.94. The zero-order chi connectivity index (χ0) is 14.9. The summed E-state index contributed by atoms with van der Waals surface area (Å²) in [5.74, 6) is 0. The van der Waals surface area contributed by atoms with E-state index < -0.39 is 0 Å². The first kappa shape index (κ1) is 15.5. The van der Waals surface area contributed by atoms with Crippen LogP contribution >= 0.6 is 38.9 Å². The van der Waals surface area contributed by atoms with Crippen LogP contribution in [0.5, 0.6) is 0 Å². The van der Waals surface area contributed by atoms with Gasteiger partial charge in [-0.2, -0.15) is 0 Å². The minimum atomic E-state index is 0.240. The molecular formula is C17H19BrClNS. The second kappa shape index (κ2) is 6.41. The lowest BCUT2D eigenvalue weighted by molar-refractivity contribution is 0.435. The van der Waals surface area contributed by atoms with Crippen molar-refractivity contribution in [2.45, 2.75) is 37.6 Å². The van der Waals surface area contributed by atoms with E-state index in [9.17, 15) is 0 Å². The third-order valence-corrected chi connectivity index (χ3v) is 6.78. The van der Waals surface area contributed by atoms with Crippen LogP contribution in [-0.2, 0) is 5.41 Å². The summed E-state index contributed by atoms with van der Waals surface area (Å²) < 4.78 is 1.03. The molecule has 0 aliphatic heterocycles. The lowest BCUT2D eigenvalue weighted by Crippen LogP contribution is -2.32. The fourth-order valence-corrected chi connectivity index (χ4v) is 4.95. The highest BCUT2D eigenvalue weighted by Crippen LogP contribution is 2.58. The Morgan fingerprint density at radius 1 is 1.33 bits per heavy atom. The van der Waals surface area contributed by atoms with Crippen molar-refractivity contribution in [3.05, 3.63) is 55.6 Å². The van der Waals surface area contributed by atoms with Crippen molar-refractivity contribution in [1.82, 2.24) is 5.32 Å². The van der Waals surface area contributed by atoms with E-state index in [0.717, 1.165) is 21.8 Å². The number of thiophene rings is 1. The van der Waals surface area contributed by atoms with Gasteiger partial charge in [0.2, 0.25) is 0 Å². The Morgan fingerprint density at radius 2 is 2.05 bits per heavy atom. The normalized spacial score (nSPS) is 17.7. The number of hydrogen-bond acceptors (Lipinski definition) is 2. The topological polar surface area (TPSA) is 12.0 Å². The molecule has 0 bridgehead atoms. The molecule has 1 aromatic carbocycles. The van der Waals surface area contributed by atoms with E-state index in [-0.39, 0.29) is 5.41 Å². The molecule has 1 fully saturated rings. The first-order valence-electron chi connectivity index (χ1n) is 7.41. The van der Waals surface area contributed by atoms with Gasteiger partial charge in [0.05, 0.1) is 14.9 Å². The standard InChI is InChI=1S/C17H19BrClNS/c1-2-10-20-15(14-11-13(19)16(18)21-14)17(8-9-17)12-6-4-3-5-7-12/h3-7,11,15,20H,2,8-10H2,1H3. The van der Waals surface area contributed by atoms with Gasteiger partial charge < -0.3 is 5.32 Å². The molecule has 4 heteroatoms. The van der Waals surface area contributed by atoms with Crippen molar-refractivity contribution in [3.63, 3.8) is 0 Å². The summed E-state index contributed by atoms with van der Waals surface area (Å²) in [6.45, 7) is 3.25. The molecule has 0 amide bonds. The number of hydrogen-bond donors (Lipinski definition) is 1. The maximum Gasteiger partial charge on any atom is 0.0888 e. The maximum absolute atomic E-state index is 6.26. The first-order chi connectivity index (χ1) is 10.2. The molecule has 1 saturated carbocycles. The number of nitrogens with one attached hydrogen (secondary N) is 1. The Morgan fingerprint density at radius 3 is 2.57 bits per heavy atom. The van der Waals surface area contributed by atoms with Crippen molar-refractivity contribution in [2.24, 2.45) is 0 Å². The maximum atomic E-state index is 6.26. The number of benzene rings is 1. The Bertz CT molecular complexity index is 587. The van der Waals surface area contributed by atoms with Crippen LogP contribution in [0.1, 0.15) is 42.7 Å². The molecule has 1 unspecified atom stereocenters. The molecule has 1 heterocycles. The minimum absolute atomic E-state index is 0.240.